The van der Waals surface area contributed by atoms with Crippen molar-refractivity contribution in [2.75, 3.05) is 6.54 Å². The second-order valence-electron chi connectivity index (χ2n) is 4.80. The molecule has 2 aromatic rings. The SMILES string of the molecule is Cc1ccc(CNC(=O)c2noc(C3CCCN3)n2)s1. The van der Waals surface area contributed by atoms with E-state index in [1.54, 1.807) is 11.3 Å². The maximum atomic E-state index is 11.9. The summed E-state index contributed by atoms with van der Waals surface area (Å²) in [6, 6.07) is 4.12. The maximum Gasteiger partial charge on any atom is 0.292 e. The molecule has 106 valence electrons. The number of rotatable bonds is 4. The van der Waals surface area contributed by atoms with Crippen molar-refractivity contribution in [2.45, 2.75) is 32.4 Å². The summed E-state index contributed by atoms with van der Waals surface area (Å²) in [7, 11) is 0. The molecule has 1 unspecified atom stereocenters. The summed E-state index contributed by atoms with van der Waals surface area (Å²) in [6.45, 7) is 3.48. The van der Waals surface area contributed by atoms with Crippen LogP contribution in [0.3, 0.4) is 0 Å². The molecule has 3 rings (SSSR count). The van der Waals surface area contributed by atoms with Gasteiger partial charge in [0.2, 0.25) is 5.89 Å². The predicted octanol–water partition coefficient (Wildman–Crippen LogP) is 1.79. The van der Waals surface area contributed by atoms with Gasteiger partial charge in [-0.2, -0.15) is 4.98 Å². The van der Waals surface area contributed by atoms with Gasteiger partial charge in [0, 0.05) is 9.75 Å². The molecule has 0 spiro atoms. The number of aromatic nitrogens is 2. The van der Waals surface area contributed by atoms with Crippen molar-refractivity contribution in [1.82, 2.24) is 20.8 Å². The van der Waals surface area contributed by atoms with Crippen molar-refractivity contribution in [3.63, 3.8) is 0 Å². The zero-order valence-corrected chi connectivity index (χ0v) is 12.0. The fourth-order valence-electron chi connectivity index (χ4n) is 2.19. The van der Waals surface area contributed by atoms with E-state index in [0.717, 1.165) is 24.3 Å². The Kier molecular flexibility index (Phi) is 3.79. The van der Waals surface area contributed by atoms with Crippen molar-refractivity contribution in [3.8, 4) is 0 Å². The third-order valence-electron chi connectivity index (χ3n) is 3.22. The summed E-state index contributed by atoms with van der Waals surface area (Å²) in [6.07, 6.45) is 2.06. The minimum absolute atomic E-state index is 0.0870. The molecule has 0 radical (unpaired) electrons. The van der Waals surface area contributed by atoms with Crippen LogP contribution in [0.25, 0.3) is 0 Å². The predicted molar refractivity (Wildman–Crippen MR) is 74.5 cm³/mol. The van der Waals surface area contributed by atoms with E-state index in [-0.39, 0.29) is 17.8 Å². The van der Waals surface area contributed by atoms with Crippen LogP contribution in [-0.4, -0.2) is 22.6 Å². The number of hydrogen-bond acceptors (Lipinski definition) is 6. The molecule has 1 aliphatic rings. The van der Waals surface area contributed by atoms with E-state index in [9.17, 15) is 4.79 Å². The summed E-state index contributed by atoms with van der Waals surface area (Å²) >= 11 is 1.66. The van der Waals surface area contributed by atoms with Gasteiger partial charge in [0.1, 0.15) is 0 Å². The maximum absolute atomic E-state index is 11.9. The minimum atomic E-state index is -0.302. The third-order valence-corrected chi connectivity index (χ3v) is 4.22. The molecule has 0 aliphatic carbocycles. The first-order valence-electron chi connectivity index (χ1n) is 6.63. The number of carbonyl (C=O) groups is 1. The van der Waals surface area contributed by atoms with Gasteiger partial charge < -0.3 is 15.2 Å². The molecule has 6 nitrogen and oxygen atoms in total. The van der Waals surface area contributed by atoms with Crippen molar-refractivity contribution in [2.24, 2.45) is 0 Å². The van der Waals surface area contributed by atoms with E-state index in [0.29, 0.717) is 12.4 Å². The summed E-state index contributed by atoms with van der Waals surface area (Å²) < 4.78 is 5.14. The zero-order chi connectivity index (χ0) is 13.9. The topological polar surface area (TPSA) is 80.0 Å². The van der Waals surface area contributed by atoms with Gasteiger partial charge in [-0.1, -0.05) is 5.16 Å². The highest BCUT2D eigenvalue weighted by Crippen LogP contribution is 2.21. The molecule has 7 heteroatoms. The molecule has 3 heterocycles. The molecule has 20 heavy (non-hydrogen) atoms. The van der Waals surface area contributed by atoms with Gasteiger partial charge in [-0.25, -0.2) is 0 Å². The number of hydrogen-bond donors (Lipinski definition) is 2. The van der Waals surface area contributed by atoms with Crippen LogP contribution in [0, 0.1) is 6.92 Å². The fraction of sp³-hybridized carbons (Fsp3) is 0.462. The van der Waals surface area contributed by atoms with Crippen LogP contribution in [0.2, 0.25) is 0 Å². The number of aryl methyl sites for hydroxylation is 1. The highest BCUT2D eigenvalue weighted by molar-refractivity contribution is 7.11. The lowest BCUT2D eigenvalue weighted by atomic mass is 10.2. The number of nitrogens with zero attached hydrogens (tertiary/aromatic N) is 2. The molecule has 1 aliphatic heterocycles. The Labute approximate surface area is 120 Å². The van der Waals surface area contributed by atoms with Crippen molar-refractivity contribution in [1.29, 1.82) is 0 Å². The van der Waals surface area contributed by atoms with Crippen LogP contribution in [-0.2, 0) is 6.54 Å². The molecule has 1 amide bonds. The quantitative estimate of drug-likeness (QED) is 0.898. The molecule has 1 saturated heterocycles. The Bertz CT molecular complexity index is 601. The first kappa shape index (κ1) is 13.3. The van der Waals surface area contributed by atoms with E-state index >= 15 is 0 Å². The van der Waals surface area contributed by atoms with Gasteiger partial charge in [-0.3, -0.25) is 4.79 Å². The first-order chi connectivity index (χ1) is 9.72. The van der Waals surface area contributed by atoms with Gasteiger partial charge >= 0.3 is 0 Å². The summed E-state index contributed by atoms with van der Waals surface area (Å²) in [4.78, 5) is 18.4. The smallest absolute Gasteiger partial charge is 0.292 e. The van der Waals surface area contributed by atoms with E-state index in [1.165, 1.54) is 4.88 Å². The average molecular weight is 292 g/mol. The monoisotopic (exact) mass is 292 g/mol. The van der Waals surface area contributed by atoms with Crippen LogP contribution >= 0.6 is 11.3 Å². The second kappa shape index (κ2) is 5.72. The van der Waals surface area contributed by atoms with Crippen LogP contribution in [0.1, 0.15) is 45.1 Å². The molecule has 1 atom stereocenters. The zero-order valence-electron chi connectivity index (χ0n) is 11.2. The fourth-order valence-corrected chi connectivity index (χ4v) is 3.02. The molecular formula is C13H16N4O2S. The number of amides is 1. The standard InChI is InChI=1S/C13H16N4O2S/c1-8-4-5-9(20-8)7-15-12(18)11-16-13(19-17-11)10-3-2-6-14-10/h4-5,10,14H,2-3,6-7H2,1H3,(H,15,18). The minimum Gasteiger partial charge on any atom is -0.344 e. The van der Waals surface area contributed by atoms with Gasteiger partial charge in [0.25, 0.3) is 11.7 Å². The Morgan fingerprint density at radius 1 is 1.60 bits per heavy atom. The Morgan fingerprint density at radius 2 is 2.50 bits per heavy atom. The van der Waals surface area contributed by atoms with Gasteiger partial charge in [-0.05, 0) is 38.4 Å². The van der Waals surface area contributed by atoms with Gasteiger partial charge in [0.05, 0.1) is 12.6 Å². The molecule has 2 aromatic heterocycles. The van der Waals surface area contributed by atoms with E-state index < -0.39 is 0 Å². The van der Waals surface area contributed by atoms with E-state index in [1.807, 2.05) is 19.1 Å². The van der Waals surface area contributed by atoms with Crippen LogP contribution in [0.5, 0.6) is 0 Å². The largest absolute Gasteiger partial charge is 0.344 e. The third kappa shape index (κ3) is 2.88. The molecular weight excluding hydrogens is 276 g/mol. The van der Waals surface area contributed by atoms with Crippen molar-refractivity contribution >= 4 is 17.2 Å². The number of carbonyl (C=O) groups excluding carboxylic acids is 1. The van der Waals surface area contributed by atoms with E-state index in [2.05, 4.69) is 20.8 Å². The molecule has 0 aromatic carbocycles. The van der Waals surface area contributed by atoms with Crippen LogP contribution < -0.4 is 10.6 Å². The van der Waals surface area contributed by atoms with Crippen LogP contribution in [0.4, 0.5) is 0 Å². The molecule has 0 bridgehead atoms. The number of thiophene rings is 1. The second-order valence-corrected chi connectivity index (χ2v) is 6.17. The van der Waals surface area contributed by atoms with Gasteiger partial charge in [-0.15, -0.1) is 11.3 Å². The van der Waals surface area contributed by atoms with Crippen molar-refractivity contribution < 1.29 is 9.32 Å². The molecule has 0 saturated carbocycles. The normalized spacial score (nSPS) is 18.4. The average Bonchev–Trinajstić information content (AvgIpc) is 3.16. The Morgan fingerprint density at radius 3 is 3.20 bits per heavy atom. The van der Waals surface area contributed by atoms with Crippen molar-refractivity contribution in [3.05, 3.63) is 33.6 Å². The lowest BCUT2D eigenvalue weighted by Crippen LogP contribution is -2.23. The lowest BCUT2D eigenvalue weighted by Gasteiger charge is -2.01. The summed E-state index contributed by atoms with van der Waals surface area (Å²) in [5.74, 6) is 0.297. The Balaban J connectivity index is 1.59. The highest BCUT2D eigenvalue weighted by atomic mass is 32.1. The summed E-state index contributed by atoms with van der Waals surface area (Å²) in [5.41, 5.74) is 0. The van der Waals surface area contributed by atoms with Crippen LogP contribution in [0.15, 0.2) is 16.7 Å². The van der Waals surface area contributed by atoms with Gasteiger partial charge in [0.15, 0.2) is 0 Å². The van der Waals surface area contributed by atoms with E-state index in [4.69, 9.17) is 4.52 Å². The summed E-state index contributed by atoms with van der Waals surface area (Å²) in [5, 5.41) is 9.80. The number of nitrogens with one attached hydrogen (secondary N) is 2. The highest BCUT2D eigenvalue weighted by Gasteiger charge is 2.24. The first-order valence-corrected chi connectivity index (χ1v) is 7.44. The Hall–Kier alpha value is -1.73. The molecule has 2 N–H and O–H groups in total. The molecule has 1 fully saturated rings. The lowest BCUT2D eigenvalue weighted by molar-refractivity contribution is 0.0938.